The second-order valence-corrected chi connectivity index (χ2v) is 2.47. The van der Waals surface area contributed by atoms with E-state index in [4.69, 9.17) is 10.8 Å². The molecule has 0 aliphatic heterocycles. The number of hydrogen-bond donors (Lipinski definition) is 2. The molecule has 0 fully saturated rings. The van der Waals surface area contributed by atoms with Crippen LogP contribution in [0.2, 0.25) is 0 Å². The number of phenols is 1. The molecule has 1 rings (SSSR count). The summed E-state index contributed by atoms with van der Waals surface area (Å²) in [6, 6.07) is 3.98. The molecule has 0 aromatic heterocycles. The predicted octanol–water partition coefficient (Wildman–Crippen LogP) is 1.55. The molecule has 0 bridgehead atoms. The quantitative estimate of drug-likeness (QED) is 0.646. The number of rotatable bonds is 1. The molecule has 0 spiro atoms. The fourth-order valence-electron chi connectivity index (χ4n) is 0.899. The zero-order chi connectivity index (χ0) is 8.43. The van der Waals surface area contributed by atoms with Gasteiger partial charge in [0.1, 0.15) is 0 Å². The van der Waals surface area contributed by atoms with Crippen LogP contribution in [0.1, 0.15) is 18.5 Å². The summed E-state index contributed by atoms with van der Waals surface area (Å²) >= 11 is 0. The highest BCUT2D eigenvalue weighted by Crippen LogP contribution is 2.24. The Labute approximate surface area is 64.5 Å². The number of benzene rings is 1. The smallest absolute Gasteiger partial charge is 0.165 e. The Morgan fingerprint density at radius 3 is 2.64 bits per heavy atom. The Morgan fingerprint density at radius 2 is 2.18 bits per heavy atom. The Kier molecular flexibility index (Phi) is 2.10. The van der Waals surface area contributed by atoms with Crippen LogP contribution in [0.5, 0.6) is 5.75 Å². The maximum absolute atomic E-state index is 12.6. The number of hydrogen-bond acceptors (Lipinski definition) is 2. The molecule has 0 aliphatic rings. The summed E-state index contributed by atoms with van der Waals surface area (Å²) in [5, 5.41) is 9.11. The van der Waals surface area contributed by atoms with E-state index in [2.05, 4.69) is 0 Å². The van der Waals surface area contributed by atoms with Gasteiger partial charge in [0, 0.05) is 11.6 Å². The van der Waals surface area contributed by atoms with Gasteiger partial charge in [-0.2, -0.15) is 0 Å². The largest absolute Gasteiger partial charge is 0.505 e. The van der Waals surface area contributed by atoms with Crippen molar-refractivity contribution < 1.29 is 9.50 Å². The molecule has 0 aliphatic carbocycles. The standard InChI is InChI=1S/C8H10FNO/c1-5(10)6-3-2-4-7(9)8(6)11/h2-5,11H,10H2,1H3/t5-/m0/s1. The highest BCUT2D eigenvalue weighted by Gasteiger charge is 2.08. The summed E-state index contributed by atoms with van der Waals surface area (Å²) in [6.07, 6.45) is 0. The maximum Gasteiger partial charge on any atom is 0.165 e. The Bertz CT molecular complexity index is 260. The number of nitrogens with two attached hydrogens (primary N) is 1. The van der Waals surface area contributed by atoms with E-state index in [9.17, 15) is 4.39 Å². The van der Waals surface area contributed by atoms with Gasteiger partial charge in [0.15, 0.2) is 11.6 Å². The summed E-state index contributed by atoms with van der Waals surface area (Å²) in [5.41, 5.74) is 5.89. The van der Waals surface area contributed by atoms with Crippen molar-refractivity contribution in [2.75, 3.05) is 0 Å². The molecule has 3 N–H and O–H groups in total. The van der Waals surface area contributed by atoms with Crippen molar-refractivity contribution in [2.45, 2.75) is 13.0 Å². The van der Waals surface area contributed by atoms with Gasteiger partial charge in [-0.15, -0.1) is 0 Å². The van der Waals surface area contributed by atoms with Crippen molar-refractivity contribution in [2.24, 2.45) is 5.73 Å². The van der Waals surface area contributed by atoms with Crippen LogP contribution in [0.4, 0.5) is 4.39 Å². The second kappa shape index (κ2) is 2.88. The highest BCUT2D eigenvalue weighted by molar-refractivity contribution is 5.35. The summed E-state index contributed by atoms with van der Waals surface area (Å²) in [4.78, 5) is 0. The predicted molar refractivity (Wildman–Crippen MR) is 40.7 cm³/mol. The Morgan fingerprint density at radius 1 is 1.55 bits per heavy atom. The van der Waals surface area contributed by atoms with Crippen LogP contribution in [-0.4, -0.2) is 5.11 Å². The zero-order valence-electron chi connectivity index (χ0n) is 6.21. The van der Waals surface area contributed by atoms with Crippen LogP contribution < -0.4 is 5.73 Å². The summed E-state index contributed by atoms with van der Waals surface area (Å²) < 4.78 is 12.6. The van der Waals surface area contributed by atoms with Gasteiger partial charge in [-0.3, -0.25) is 0 Å². The number of para-hydroxylation sites is 1. The zero-order valence-corrected chi connectivity index (χ0v) is 6.21. The SMILES string of the molecule is C[C@H](N)c1cccc(F)c1O. The minimum atomic E-state index is -0.625. The molecule has 1 atom stereocenters. The molecule has 0 unspecified atom stereocenters. The average Bonchev–Trinajstić information content (AvgIpc) is 1.94. The molecule has 0 saturated heterocycles. The van der Waals surface area contributed by atoms with Gasteiger partial charge in [0.2, 0.25) is 0 Å². The van der Waals surface area contributed by atoms with E-state index in [1.165, 1.54) is 12.1 Å². The van der Waals surface area contributed by atoms with E-state index < -0.39 is 5.82 Å². The fourth-order valence-corrected chi connectivity index (χ4v) is 0.899. The summed E-state index contributed by atoms with van der Waals surface area (Å²) in [6.45, 7) is 1.69. The molecule has 1 aromatic rings. The van der Waals surface area contributed by atoms with Crippen LogP contribution in [0.25, 0.3) is 0 Å². The first kappa shape index (κ1) is 8.01. The van der Waals surface area contributed by atoms with Crippen molar-refractivity contribution in [3.63, 3.8) is 0 Å². The minimum absolute atomic E-state index is 0.342. The third kappa shape index (κ3) is 1.49. The normalized spacial score (nSPS) is 13.0. The van der Waals surface area contributed by atoms with Crippen molar-refractivity contribution in [3.8, 4) is 5.75 Å². The minimum Gasteiger partial charge on any atom is -0.505 e. The Balaban J connectivity index is 3.17. The van der Waals surface area contributed by atoms with E-state index >= 15 is 0 Å². The Hall–Kier alpha value is -1.09. The number of phenolic OH excluding ortho intramolecular Hbond substituents is 1. The highest BCUT2D eigenvalue weighted by atomic mass is 19.1. The number of halogens is 1. The van der Waals surface area contributed by atoms with E-state index in [-0.39, 0.29) is 11.8 Å². The van der Waals surface area contributed by atoms with Gasteiger partial charge in [0.25, 0.3) is 0 Å². The number of aromatic hydroxyl groups is 1. The molecule has 1 aromatic carbocycles. The molecular formula is C8H10FNO. The molecular weight excluding hydrogens is 145 g/mol. The first-order chi connectivity index (χ1) is 5.13. The lowest BCUT2D eigenvalue weighted by Crippen LogP contribution is -2.05. The molecule has 60 valence electrons. The topological polar surface area (TPSA) is 46.2 Å². The third-order valence-electron chi connectivity index (χ3n) is 1.51. The molecule has 0 amide bonds. The molecule has 2 nitrogen and oxygen atoms in total. The summed E-state index contributed by atoms with van der Waals surface area (Å²) in [7, 11) is 0. The van der Waals surface area contributed by atoms with Crippen molar-refractivity contribution in [1.29, 1.82) is 0 Å². The first-order valence-electron chi connectivity index (χ1n) is 3.36. The molecule has 0 heterocycles. The van der Waals surface area contributed by atoms with Crippen molar-refractivity contribution in [1.82, 2.24) is 0 Å². The molecule has 11 heavy (non-hydrogen) atoms. The lowest BCUT2D eigenvalue weighted by Gasteiger charge is -2.07. The second-order valence-electron chi connectivity index (χ2n) is 2.47. The first-order valence-corrected chi connectivity index (χ1v) is 3.36. The maximum atomic E-state index is 12.6. The van der Waals surface area contributed by atoms with Gasteiger partial charge in [-0.1, -0.05) is 12.1 Å². The van der Waals surface area contributed by atoms with Gasteiger partial charge >= 0.3 is 0 Å². The van der Waals surface area contributed by atoms with Crippen LogP contribution in [0, 0.1) is 5.82 Å². The molecule has 0 saturated carbocycles. The lowest BCUT2D eigenvalue weighted by atomic mass is 10.1. The van der Waals surface area contributed by atoms with Crippen LogP contribution in [0.15, 0.2) is 18.2 Å². The molecule has 0 radical (unpaired) electrons. The van der Waals surface area contributed by atoms with E-state index in [0.717, 1.165) is 0 Å². The van der Waals surface area contributed by atoms with Crippen molar-refractivity contribution in [3.05, 3.63) is 29.6 Å². The van der Waals surface area contributed by atoms with Gasteiger partial charge in [0.05, 0.1) is 0 Å². The lowest BCUT2D eigenvalue weighted by molar-refractivity contribution is 0.422. The van der Waals surface area contributed by atoms with Gasteiger partial charge in [-0.05, 0) is 13.0 Å². The van der Waals surface area contributed by atoms with Crippen molar-refractivity contribution >= 4 is 0 Å². The summed E-state index contributed by atoms with van der Waals surface area (Å²) in [5.74, 6) is -0.970. The molecule has 3 heteroatoms. The van der Waals surface area contributed by atoms with Crippen LogP contribution in [-0.2, 0) is 0 Å². The van der Waals surface area contributed by atoms with E-state index in [1.54, 1.807) is 13.0 Å². The van der Waals surface area contributed by atoms with Crippen LogP contribution in [0.3, 0.4) is 0 Å². The monoisotopic (exact) mass is 155 g/mol. The fraction of sp³-hybridized carbons (Fsp3) is 0.250. The van der Waals surface area contributed by atoms with Crippen LogP contribution >= 0.6 is 0 Å². The van der Waals surface area contributed by atoms with Gasteiger partial charge < -0.3 is 10.8 Å². The average molecular weight is 155 g/mol. The van der Waals surface area contributed by atoms with E-state index in [0.29, 0.717) is 5.56 Å². The third-order valence-corrected chi connectivity index (χ3v) is 1.51. The van der Waals surface area contributed by atoms with Gasteiger partial charge in [-0.25, -0.2) is 4.39 Å². The van der Waals surface area contributed by atoms with E-state index in [1.807, 2.05) is 0 Å².